The first-order chi connectivity index (χ1) is 14.0. The minimum absolute atomic E-state index is 0.0841. The highest BCUT2D eigenvalue weighted by atomic mass is 19.1. The average molecular weight is 397 g/mol. The van der Waals surface area contributed by atoms with Gasteiger partial charge in [-0.15, -0.1) is 0 Å². The first kappa shape index (κ1) is 20.0. The monoisotopic (exact) mass is 397 g/mol. The van der Waals surface area contributed by atoms with Crippen LogP contribution in [0.5, 0.6) is 0 Å². The highest BCUT2D eigenvalue weighted by Gasteiger charge is 2.35. The van der Waals surface area contributed by atoms with Gasteiger partial charge in [-0.2, -0.15) is 0 Å². The molecule has 0 bridgehead atoms. The van der Waals surface area contributed by atoms with E-state index in [4.69, 9.17) is 0 Å². The Bertz CT molecular complexity index is 867. The Balaban J connectivity index is 1.43. The number of likely N-dealkylation sites (tertiary alicyclic amines) is 1. The number of piperidine rings is 1. The molecule has 154 valence electrons. The zero-order valence-corrected chi connectivity index (χ0v) is 16.8. The second kappa shape index (κ2) is 8.61. The van der Waals surface area contributed by atoms with Gasteiger partial charge < -0.3 is 14.9 Å². The van der Waals surface area contributed by atoms with Crippen LogP contribution in [-0.2, 0) is 0 Å². The number of amides is 1. The maximum atomic E-state index is 13.5. The van der Waals surface area contributed by atoms with Gasteiger partial charge in [-0.3, -0.25) is 9.69 Å². The Morgan fingerprint density at radius 3 is 2.38 bits per heavy atom. The van der Waals surface area contributed by atoms with Crippen LogP contribution in [0.3, 0.4) is 0 Å². The summed E-state index contributed by atoms with van der Waals surface area (Å²) in [5.74, 6) is -0.382. The van der Waals surface area contributed by atoms with Crippen LogP contribution in [0.15, 0.2) is 48.5 Å². The number of hydrogen-bond donors (Lipinski definition) is 1. The maximum Gasteiger partial charge on any atom is 0.253 e. The zero-order chi connectivity index (χ0) is 20.4. The number of halogens is 1. The molecule has 0 spiro atoms. The number of aliphatic hydroxyl groups excluding tert-OH is 1. The second-order valence-corrected chi connectivity index (χ2v) is 8.10. The smallest absolute Gasteiger partial charge is 0.253 e. The van der Waals surface area contributed by atoms with Crippen LogP contribution in [0.2, 0.25) is 0 Å². The summed E-state index contributed by atoms with van der Waals surface area (Å²) in [7, 11) is 2.12. The van der Waals surface area contributed by atoms with E-state index in [0.29, 0.717) is 18.7 Å². The Morgan fingerprint density at radius 1 is 1.00 bits per heavy atom. The van der Waals surface area contributed by atoms with Crippen LogP contribution >= 0.6 is 0 Å². The van der Waals surface area contributed by atoms with Crippen molar-refractivity contribution in [2.24, 2.45) is 0 Å². The number of carbonyl (C=O) groups excluding carboxylic acids is 1. The highest BCUT2D eigenvalue weighted by Crippen LogP contribution is 2.24. The summed E-state index contributed by atoms with van der Waals surface area (Å²) in [6.45, 7) is 4.93. The van der Waals surface area contributed by atoms with Crippen molar-refractivity contribution in [3.63, 3.8) is 0 Å². The number of nitrogens with zero attached hydrogens (tertiary/aromatic N) is 3. The van der Waals surface area contributed by atoms with Crippen molar-refractivity contribution < 1.29 is 14.3 Å². The molecule has 0 aliphatic carbocycles. The van der Waals surface area contributed by atoms with E-state index < -0.39 is 6.10 Å². The summed E-state index contributed by atoms with van der Waals surface area (Å²) in [5, 5.41) is 10.7. The molecule has 2 aromatic rings. The van der Waals surface area contributed by atoms with Crippen molar-refractivity contribution >= 4 is 5.91 Å². The molecule has 1 N–H and O–H groups in total. The van der Waals surface area contributed by atoms with Crippen LogP contribution in [0.4, 0.5) is 4.39 Å². The molecular weight excluding hydrogens is 369 g/mol. The van der Waals surface area contributed by atoms with Gasteiger partial charge in [0.15, 0.2) is 0 Å². The molecule has 0 unspecified atom stereocenters. The van der Waals surface area contributed by atoms with Crippen LogP contribution in [0.25, 0.3) is 11.1 Å². The topological polar surface area (TPSA) is 47.0 Å². The van der Waals surface area contributed by atoms with Crippen molar-refractivity contribution in [3.05, 3.63) is 59.9 Å². The molecule has 4 rings (SSSR count). The molecule has 2 atom stereocenters. The molecule has 0 saturated carbocycles. The molecule has 2 aliphatic heterocycles. The van der Waals surface area contributed by atoms with E-state index in [2.05, 4.69) is 16.8 Å². The lowest BCUT2D eigenvalue weighted by molar-refractivity contribution is -0.0219. The SMILES string of the molecule is CN1CCN([C@@H]2CCN(C(=O)c3cccc(-c4cccc(F)c4)c3)C[C@H]2O)CC1. The molecular formula is C23H28FN3O2. The Morgan fingerprint density at radius 2 is 1.69 bits per heavy atom. The van der Waals surface area contributed by atoms with Gasteiger partial charge in [-0.05, 0) is 48.9 Å². The van der Waals surface area contributed by atoms with Gasteiger partial charge in [-0.25, -0.2) is 4.39 Å². The van der Waals surface area contributed by atoms with Crippen molar-refractivity contribution in [2.45, 2.75) is 18.6 Å². The molecule has 0 radical (unpaired) electrons. The number of hydrogen-bond acceptors (Lipinski definition) is 4. The average Bonchev–Trinajstić information content (AvgIpc) is 2.74. The predicted molar refractivity (Wildman–Crippen MR) is 111 cm³/mol. The largest absolute Gasteiger partial charge is 0.390 e. The Labute approximate surface area is 171 Å². The first-order valence-corrected chi connectivity index (χ1v) is 10.3. The fraction of sp³-hybridized carbons (Fsp3) is 0.435. The third-order valence-electron chi connectivity index (χ3n) is 6.11. The molecule has 0 aromatic heterocycles. The van der Waals surface area contributed by atoms with Gasteiger partial charge in [0.1, 0.15) is 5.82 Å². The van der Waals surface area contributed by atoms with Gasteiger partial charge in [-0.1, -0.05) is 24.3 Å². The van der Waals surface area contributed by atoms with Gasteiger partial charge in [0.25, 0.3) is 5.91 Å². The van der Waals surface area contributed by atoms with Crippen molar-refractivity contribution in [3.8, 4) is 11.1 Å². The van der Waals surface area contributed by atoms with Gasteiger partial charge in [0.2, 0.25) is 0 Å². The van der Waals surface area contributed by atoms with Crippen molar-refractivity contribution in [1.29, 1.82) is 0 Å². The molecule has 2 saturated heterocycles. The van der Waals surface area contributed by atoms with Crippen LogP contribution in [0, 0.1) is 5.82 Å². The number of carbonyl (C=O) groups is 1. The van der Waals surface area contributed by atoms with E-state index in [9.17, 15) is 14.3 Å². The van der Waals surface area contributed by atoms with Gasteiger partial charge in [0, 0.05) is 50.9 Å². The van der Waals surface area contributed by atoms with Crippen LogP contribution in [0.1, 0.15) is 16.8 Å². The number of aliphatic hydroxyl groups is 1. The first-order valence-electron chi connectivity index (χ1n) is 10.3. The van der Waals surface area contributed by atoms with E-state index in [1.807, 2.05) is 18.2 Å². The lowest BCUT2D eigenvalue weighted by atomic mass is 9.97. The van der Waals surface area contributed by atoms with E-state index in [1.165, 1.54) is 12.1 Å². The quantitative estimate of drug-likeness (QED) is 0.864. The standard InChI is InChI=1S/C23H28FN3O2/c1-25-10-12-26(13-11-25)21-8-9-27(16-22(21)28)23(29)19-6-2-4-17(14-19)18-5-3-7-20(24)15-18/h2-7,14-15,21-22,28H,8-13,16H2,1H3/t21-,22-/m1/s1. The number of β-amino-alcohol motifs (C(OH)–C–C–N with tert-alkyl or cyclic N) is 1. The number of likely N-dealkylation sites (N-methyl/N-ethyl adjacent to an activating group) is 1. The fourth-order valence-corrected chi connectivity index (χ4v) is 4.37. The Hall–Kier alpha value is -2.28. The lowest BCUT2D eigenvalue weighted by Crippen LogP contribution is -2.59. The number of piperazine rings is 1. The summed E-state index contributed by atoms with van der Waals surface area (Å²) in [5.41, 5.74) is 2.12. The van der Waals surface area contributed by atoms with E-state index in [1.54, 1.807) is 23.1 Å². The predicted octanol–water partition coefficient (Wildman–Crippen LogP) is 2.32. The summed E-state index contributed by atoms with van der Waals surface area (Å²) in [6, 6.07) is 13.8. The third kappa shape index (κ3) is 4.50. The van der Waals surface area contributed by atoms with Crippen molar-refractivity contribution in [2.75, 3.05) is 46.3 Å². The maximum absolute atomic E-state index is 13.5. The molecule has 2 aromatic carbocycles. The normalized spacial score (nSPS) is 23.9. The summed E-state index contributed by atoms with van der Waals surface area (Å²) < 4.78 is 13.5. The highest BCUT2D eigenvalue weighted by molar-refractivity contribution is 5.95. The molecule has 2 aliphatic rings. The van der Waals surface area contributed by atoms with Crippen molar-refractivity contribution in [1.82, 2.24) is 14.7 Å². The third-order valence-corrected chi connectivity index (χ3v) is 6.11. The van der Waals surface area contributed by atoms with Gasteiger partial charge in [0.05, 0.1) is 6.10 Å². The molecule has 1 amide bonds. The minimum atomic E-state index is -0.539. The molecule has 29 heavy (non-hydrogen) atoms. The lowest BCUT2D eigenvalue weighted by Gasteiger charge is -2.44. The fourth-order valence-electron chi connectivity index (χ4n) is 4.37. The number of rotatable bonds is 3. The van der Waals surface area contributed by atoms with Crippen LogP contribution in [-0.4, -0.2) is 84.2 Å². The van der Waals surface area contributed by atoms with Crippen LogP contribution < -0.4 is 0 Å². The summed E-state index contributed by atoms with van der Waals surface area (Å²) in [4.78, 5) is 19.4. The van der Waals surface area contributed by atoms with Gasteiger partial charge >= 0.3 is 0 Å². The van der Waals surface area contributed by atoms with E-state index in [-0.39, 0.29) is 17.8 Å². The number of benzene rings is 2. The molecule has 2 fully saturated rings. The Kier molecular flexibility index (Phi) is 5.94. The van der Waals surface area contributed by atoms with E-state index >= 15 is 0 Å². The second-order valence-electron chi connectivity index (χ2n) is 8.10. The molecule has 5 nitrogen and oxygen atoms in total. The summed E-state index contributed by atoms with van der Waals surface area (Å²) in [6.07, 6.45) is 0.239. The zero-order valence-electron chi connectivity index (χ0n) is 16.8. The summed E-state index contributed by atoms with van der Waals surface area (Å²) >= 11 is 0. The van der Waals surface area contributed by atoms with E-state index in [0.717, 1.165) is 43.7 Å². The molecule has 2 heterocycles. The molecule has 6 heteroatoms. The minimum Gasteiger partial charge on any atom is -0.390 e.